The van der Waals surface area contributed by atoms with E-state index in [0.29, 0.717) is 13.0 Å². The molecule has 0 aromatic heterocycles. The van der Waals surface area contributed by atoms with Gasteiger partial charge in [-0.1, -0.05) is 0 Å². The molecule has 1 atom stereocenters. The molecule has 0 bridgehead atoms. The van der Waals surface area contributed by atoms with Crippen LogP contribution in [0.2, 0.25) is 0 Å². The monoisotopic (exact) mass is 177 g/mol. The molecule has 0 aromatic rings. The van der Waals surface area contributed by atoms with E-state index in [1.165, 1.54) is 0 Å². The van der Waals surface area contributed by atoms with Gasteiger partial charge in [0.25, 0.3) is 0 Å². The second-order valence-corrected chi connectivity index (χ2v) is 4.50. The van der Waals surface area contributed by atoms with Crippen molar-refractivity contribution in [1.82, 2.24) is 4.90 Å². The summed E-state index contributed by atoms with van der Waals surface area (Å²) in [6, 6.07) is 0. The molecule has 0 aliphatic carbocycles. The zero-order valence-electron chi connectivity index (χ0n) is 7.98. The summed E-state index contributed by atoms with van der Waals surface area (Å²) in [6.45, 7) is 7.59. The van der Waals surface area contributed by atoms with Crippen molar-refractivity contribution in [2.45, 2.75) is 39.2 Å². The molecular formula is C9H17F2N. The first-order valence-electron chi connectivity index (χ1n) is 4.44. The molecule has 0 unspecified atom stereocenters. The summed E-state index contributed by atoms with van der Waals surface area (Å²) in [6.07, 6.45) is -1.49. The van der Waals surface area contributed by atoms with Gasteiger partial charge in [0.1, 0.15) is 0 Å². The van der Waals surface area contributed by atoms with Gasteiger partial charge >= 0.3 is 0 Å². The van der Waals surface area contributed by atoms with E-state index in [0.717, 1.165) is 6.54 Å². The predicted octanol–water partition coefficient (Wildman–Crippen LogP) is 2.37. The Bertz CT molecular complexity index is 151. The molecule has 1 heterocycles. The highest BCUT2D eigenvalue weighted by molar-refractivity contribution is 4.85. The Hall–Kier alpha value is -0.180. The van der Waals surface area contributed by atoms with Crippen LogP contribution >= 0.6 is 0 Å². The van der Waals surface area contributed by atoms with Crippen molar-refractivity contribution in [3.8, 4) is 0 Å². The van der Waals surface area contributed by atoms with Crippen LogP contribution in [0.25, 0.3) is 0 Å². The molecule has 0 saturated carbocycles. The number of hydrogen-bond donors (Lipinski definition) is 0. The van der Waals surface area contributed by atoms with Crippen LogP contribution in [0.5, 0.6) is 0 Å². The molecule has 1 aliphatic rings. The average Bonchev–Trinajstić information content (AvgIpc) is 2.30. The lowest BCUT2D eigenvalue weighted by Crippen LogP contribution is -2.39. The van der Waals surface area contributed by atoms with Gasteiger partial charge in [-0.25, -0.2) is 8.78 Å². The van der Waals surface area contributed by atoms with Crippen LogP contribution in [0.3, 0.4) is 0 Å². The van der Waals surface area contributed by atoms with E-state index in [-0.39, 0.29) is 5.54 Å². The highest BCUT2D eigenvalue weighted by Crippen LogP contribution is 2.27. The zero-order chi connectivity index (χ0) is 9.35. The van der Waals surface area contributed by atoms with Crippen LogP contribution in [0.4, 0.5) is 8.78 Å². The number of halogens is 2. The van der Waals surface area contributed by atoms with E-state index in [2.05, 4.69) is 25.7 Å². The summed E-state index contributed by atoms with van der Waals surface area (Å²) in [5.41, 5.74) is 0.0453. The normalized spacial score (nSPS) is 27.0. The van der Waals surface area contributed by atoms with Gasteiger partial charge in [-0.15, -0.1) is 0 Å². The summed E-state index contributed by atoms with van der Waals surface area (Å²) >= 11 is 0. The lowest BCUT2D eigenvalue weighted by Gasteiger charge is -2.31. The Morgan fingerprint density at radius 1 is 1.33 bits per heavy atom. The van der Waals surface area contributed by atoms with Gasteiger partial charge < -0.3 is 0 Å². The minimum absolute atomic E-state index is 0.0453. The van der Waals surface area contributed by atoms with Gasteiger partial charge in [-0.2, -0.15) is 0 Å². The van der Waals surface area contributed by atoms with Crippen LogP contribution in [-0.2, 0) is 0 Å². The first kappa shape index (κ1) is 9.90. The van der Waals surface area contributed by atoms with Gasteiger partial charge in [0, 0.05) is 18.0 Å². The van der Waals surface area contributed by atoms with Crippen LogP contribution < -0.4 is 0 Å². The van der Waals surface area contributed by atoms with Gasteiger partial charge in [0.2, 0.25) is 6.43 Å². The average molecular weight is 177 g/mol. The minimum Gasteiger partial charge on any atom is -0.298 e. The molecule has 0 spiro atoms. The fraction of sp³-hybridized carbons (Fsp3) is 1.00. The lowest BCUT2D eigenvalue weighted by molar-refractivity contribution is 0.0712. The molecule has 1 fully saturated rings. The Kier molecular flexibility index (Phi) is 2.71. The minimum atomic E-state index is -2.14. The summed E-state index contributed by atoms with van der Waals surface area (Å²) in [5.74, 6) is -0.399. The summed E-state index contributed by atoms with van der Waals surface area (Å²) in [4.78, 5) is 2.13. The van der Waals surface area contributed by atoms with E-state index in [4.69, 9.17) is 0 Å². The first-order chi connectivity index (χ1) is 5.41. The fourth-order valence-corrected chi connectivity index (χ4v) is 1.60. The Morgan fingerprint density at radius 2 is 1.92 bits per heavy atom. The van der Waals surface area contributed by atoms with Crippen molar-refractivity contribution in [1.29, 1.82) is 0 Å². The van der Waals surface area contributed by atoms with E-state index in [9.17, 15) is 8.78 Å². The molecule has 0 N–H and O–H groups in total. The molecule has 72 valence electrons. The van der Waals surface area contributed by atoms with Gasteiger partial charge in [-0.3, -0.25) is 4.90 Å². The van der Waals surface area contributed by atoms with E-state index in [1.807, 2.05) is 0 Å². The van der Waals surface area contributed by atoms with E-state index in [1.54, 1.807) is 0 Å². The van der Waals surface area contributed by atoms with Crippen molar-refractivity contribution in [2.75, 3.05) is 13.1 Å². The third kappa shape index (κ3) is 2.16. The maximum absolute atomic E-state index is 12.3. The third-order valence-electron chi connectivity index (χ3n) is 2.53. The van der Waals surface area contributed by atoms with Crippen LogP contribution in [0.1, 0.15) is 27.2 Å². The van der Waals surface area contributed by atoms with Crippen molar-refractivity contribution >= 4 is 0 Å². The second kappa shape index (κ2) is 3.29. The summed E-state index contributed by atoms with van der Waals surface area (Å²) < 4.78 is 24.5. The maximum Gasteiger partial charge on any atom is 0.242 e. The standard InChI is InChI=1S/C9H17F2N/c1-9(2,3)12-5-4-7(6-12)8(10)11/h7-8H,4-6H2,1-3H3/t7-/m1/s1. The van der Waals surface area contributed by atoms with Gasteiger partial charge in [-0.05, 0) is 33.7 Å². The molecule has 0 aromatic carbocycles. The van der Waals surface area contributed by atoms with Crippen LogP contribution in [-0.4, -0.2) is 30.0 Å². The third-order valence-corrected chi connectivity index (χ3v) is 2.53. The molecule has 0 radical (unpaired) electrons. The molecule has 1 saturated heterocycles. The second-order valence-electron chi connectivity index (χ2n) is 4.50. The molecule has 1 rings (SSSR count). The quantitative estimate of drug-likeness (QED) is 0.594. The first-order valence-corrected chi connectivity index (χ1v) is 4.44. The summed E-state index contributed by atoms with van der Waals surface area (Å²) in [5, 5.41) is 0. The van der Waals surface area contributed by atoms with Crippen molar-refractivity contribution in [2.24, 2.45) is 5.92 Å². The van der Waals surface area contributed by atoms with E-state index >= 15 is 0 Å². The highest BCUT2D eigenvalue weighted by Gasteiger charge is 2.34. The molecule has 0 amide bonds. The molecule has 1 nitrogen and oxygen atoms in total. The number of hydrogen-bond acceptors (Lipinski definition) is 1. The number of alkyl halides is 2. The van der Waals surface area contributed by atoms with Crippen molar-refractivity contribution in [3.05, 3.63) is 0 Å². The Balaban J connectivity index is 2.46. The molecular weight excluding hydrogens is 160 g/mol. The van der Waals surface area contributed by atoms with Gasteiger partial charge in [0.05, 0.1) is 0 Å². The number of likely N-dealkylation sites (tertiary alicyclic amines) is 1. The molecule has 3 heteroatoms. The van der Waals surface area contributed by atoms with Crippen molar-refractivity contribution in [3.63, 3.8) is 0 Å². The van der Waals surface area contributed by atoms with Crippen molar-refractivity contribution < 1.29 is 8.78 Å². The molecule has 1 aliphatic heterocycles. The SMILES string of the molecule is CC(C)(C)N1CC[C@@H](C(F)F)C1. The highest BCUT2D eigenvalue weighted by atomic mass is 19.3. The topological polar surface area (TPSA) is 3.24 Å². The van der Waals surface area contributed by atoms with Crippen LogP contribution in [0, 0.1) is 5.92 Å². The van der Waals surface area contributed by atoms with Gasteiger partial charge in [0.15, 0.2) is 0 Å². The largest absolute Gasteiger partial charge is 0.298 e. The van der Waals surface area contributed by atoms with E-state index < -0.39 is 12.3 Å². The molecule has 12 heavy (non-hydrogen) atoms. The summed E-state index contributed by atoms with van der Waals surface area (Å²) in [7, 11) is 0. The Labute approximate surface area is 72.7 Å². The Morgan fingerprint density at radius 3 is 2.17 bits per heavy atom. The number of rotatable bonds is 1. The fourth-order valence-electron chi connectivity index (χ4n) is 1.60. The smallest absolute Gasteiger partial charge is 0.242 e. The lowest BCUT2D eigenvalue weighted by atomic mass is 10.1. The maximum atomic E-state index is 12.3. The van der Waals surface area contributed by atoms with Crippen LogP contribution in [0.15, 0.2) is 0 Å². The predicted molar refractivity (Wildman–Crippen MR) is 45.4 cm³/mol. The number of nitrogens with zero attached hydrogens (tertiary/aromatic N) is 1. The zero-order valence-corrected chi connectivity index (χ0v) is 7.98.